The molecule has 3 nitrogen and oxygen atoms in total. The van der Waals surface area contributed by atoms with Crippen LogP contribution in [0.1, 0.15) is 19.4 Å². The Morgan fingerprint density at radius 3 is 2.32 bits per heavy atom. The number of ether oxygens (including phenoxy) is 1. The zero-order valence-electron chi connectivity index (χ0n) is 11.6. The number of hydrogen-bond acceptors (Lipinski definition) is 3. The first-order chi connectivity index (χ1) is 8.69. The van der Waals surface area contributed by atoms with E-state index in [1.54, 1.807) is 0 Å². The number of rotatable bonds is 7. The van der Waals surface area contributed by atoms with E-state index < -0.39 is 0 Å². The lowest BCUT2D eigenvalue weighted by molar-refractivity contribution is -0.137. The van der Waals surface area contributed by atoms with Crippen LogP contribution in [0.5, 0.6) is 0 Å². The van der Waals surface area contributed by atoms with Gasteiger partial charge in [-0.3, -0.25) is 0 Å². The number of likely N-dealkylation sites (N-methyl/N-ethyl adjacent to an activating group) is 1. The minimum Gasteiger partial charge on any atom is -0.461 e. The van der Waals surface area contributed by atoms with E-state index in [1.807, 2.05) is 30.3 Å². The Balaban J connectivity index is 0.00000324. The fourth-order valence-electron chi connectivity index (χ4n) is 1.65. The van der Waals surface area contributed by atoms with E-state index in [4.69, 9.17) is 4.74 Å². The van der Waals surface area contributed by atoms with Crippen LogP contribution < -0.4 is 0 Å². The van der Waals surface area contributed by atoms with Gasteiger partial charge in [-0.15, -0.1) is 12.4 Å². The molecule has 0 atom stereocenters. The number of carbonyl (C=O) groups excluding carboxylic acids is 1. The van der Waals surface area contributed by atoms with Crippen LogP contribution in [0.15, 0.2) is 36.9 Å². The molecule has 1 aromatic rings. The molecule has 0 radical (unpaired) electrons. The molecule has 0 aliphatic carbocycles. The van der Waals surface area contributed by atoms with Gasteiger partial charge in [0.15, 0.2) is 0 Å². The zero-order valence-corrected chi connectivity index (χ0v) is 12.4. The van der Waals surface area contributed by atoms with E-state index in [0.29, 0.717) is 12.2 Å². The molecule has 106 valence electrons. The molecule has 0 spiro atoms. The third-order valence-electron chi connectivity index (χ3n) is 2.90. The van der Waals surface area contributed by atoms with Crippen molar-refractivity contribution >= 4 is 23.9 Å². The van der Waals surface area contributed by atoms with E-state index in [2.05, 4.69) is 25.3 Å². The largest absolute Gasteiger partial charge is 0.461 e. The first-order valence-corrected chi connectivity index (χ1v) is 6.32. The molecule has 0 aliphatic heterocycles. The topological polar surface area (TPSA) is 29.5 Å². The summed E-state index contributed by atoms with van der Waals surface area (Å²) in [5.74, 6) is -0.339. The Labute approximate surface area is 121 Å². The summed E-state index contributed by atoms with van der Waals surface area (Å²) in [6, 6.07) is 9.37. The Morgan fingerprint density at radius 2 is 1.79 bits per heavy atom. The Kier molecular flexibility index (Phi) is 8.92. The summed E-state index contributed by atoms with van der Waals surface area (Å²) in [6.07, 6.45) is 0. The van der Waals surface area contributed by atoms with Gasteiger partial charge in [0.2, 0.25) is 0 Å². The highest BCUT2D eigenvalue weighted by molar-refractivity contribution is 6.15. The second kappa shape index (κ2) is 9.59. The average molecular weight is 284 g/mol. The summed E-state index contributed by atoms with van der Waals surface area (Å²) in [5.41, 5.74) is 1.22. The number of carbonyl (C=O) groups is 1. The van der Waals surface area contributed by atoms with Crippen LogP contribution in [0.2, 0.25) is 0 Å². The van der Waals surface area contributed by atoms with Gasteiger partial charge < -0.3 is 9.64 Å². The molecule has 0 fully saturated rings. The molecule has 0 bridgehead atoms. The van der Waals surface area contributed by atoms with Gasteiger partial charge in [-0.05, 0) is 18.7 Å². The van der Waals surface area contributed by atoms with Gasteiger partial charge in [0.05, 0.1) is 5.57 Å². The second-order valence-corrected chi connectivity index (χ2v) is 4.01. The van der Waals surface area contributed by atoms with Gasteiger partial charge in [-0.1, -0.05) is 50.8 Å². The van der Waals surface area contributed by atoms with Gasteiger partial charge in [0.1, 0.15) is 6.61 Å². The summed E-state index contributed by atoms with van der Waals surface area (Å²) in [5, 5.41) is 0. The van der Waals surface area contributed by atoms with Crippen molar-refractivity contribution in [3.63, 3.8) is 0 Å². The fraction of sp³-hybridized carbons (Fsp3) is 0.400. The quantitative estimate of drug-likeness (QED) is 0.569. The second-order valence-electron chi connectivity index (χ2n) is 4.01. The number of benzene rings is 1. The van der Waals surface area contributed by atoms with Crippen molar-refractivity contribution in [1.82, 2.24) is 4.90 Å². The molecule has 0 unspecified atom stereocenters. The standard InChI is InChI=1S/C15H21NO2.ClH/c1-4-16(5-2)11-12-18-15(17)13(3)14-9-7-6-8-10-14;/h6-10H,3-5,11-12H2,1-2H3;1H. The average Bonchev–Trinajstić information content (AvgIpc) is 2.43. The van der Waals surface area contributed by atoms with Crippen molar-refractivity contribution in [2.75, 3.05) is 26.2 Å². The van der Waals surface area contributed by atoms with Gasteiger partial charge in [0.25, 0.3) is 0 Å². The summed E-state index contributed by atoms with van der Waals surface area (Å²) in [4.78, 5) is 14.0. The molecular weight excluding hydrogens is 262 g/mol. The normalized spacial score (nSPS) is 9.84. The van der Waals surface area contributed by atoms with Crippen molar-refractivity contribution < 1.29 is 9.53 Å². The molecule has 19 heavy (non-hydrogen) atoms. The molecule has 0 saturated heterocycles. The smallest absolute Gasteiger partial charge is 0.338 e. The van der Waals surface area contributed by atoms with E-state index in [0.717, 1.165) is 25.2 Å². The predicted molar refractivity (Wildman–Crippen MR) is 81.5 cm³/mol. The summed E-state index contributed by atoms with van der Waals surface area (Å²) in [6.45, 7) is 11.1. The molecule has 1 aromatic carbocycles. The highest BCUT2D eigenvalue weighted by Crippen LogP contribution is 2.12. The lowest BCUT2D eigenvalue weighted by atomic mass is 10.1. The number of halogens is 1. The first kappa shape index (κ1) is 17.7. The molecule has 4 heteroatoms. The lowest BCUT2D eigenvalue weighted by Crippen LogP contribution is -2.28. The fourth-order valence-corrected chi connectivity index (χ4v) is 1.65. The van der Waals surface area contributed by atoms with Crippen molar-refractivity contribution in [1.29, 1.82) is 0 Å². The third-order valence-corrected chi connectivity index (χ3v) is 2.90. The van der Waals surface area contributed by atoms with E-state index >= 15 is 0 Å². The number of hydrogen-bond donors (Lipinski definition) is 0. The first-order valence-electron chi connectivity index (χ1n) is 6.32. The predicted octanol–water partition coefficient (Wildman–Crippen LogP) is 3.01. The van der Waals surface area contributed by atoms with E-state index in [9.17, 15) is 4.79 Å². The molecule has 0 heterocycles. The molecule has 0 amide bonds. The van der Waals surface area contributed by atoms with Crippen LogP contribution >= 0.6 is 12.4 Å². The van der Waals surface area contributed by atoms with E-state index in [-0.39, 0.29) is 18.4 Å². The van der Waals surface area contributed by atoms with E-state index in [1.165, 1.54) is 0 Å². The summed E-state index contributed by atoms with van der Waals surface area (Å²) >= 11 is 0. The van der Waals surface area contributed by atoms with Gasteiger partial charge in [0, 0.05) is 6.54 Å². The summed E-state index contributed by atoms with van der Waals surface area (Å²) in [7, 11) is 0. The minimum atomic E-state index is -0.339. The monoisotopic (exact) mass is 283 g/mol. The lowest BCUT2D eigenvalue weighted by Gasteiger charge is -2.17. The maximum atomic E-state index is 11.8. The zero-order chi connectivity index (χ0) is 13.4. The Bertz CT molecular complexity index is 388. The molecule has 0 aromatic heterocycles. The van der Waals surface area contributed by atoms with Crippen molar-refractivity contribution in [2.45, 2.75) is 13.8 Å². The highest BCUT2D eigenvalue weighted by atomic mass is 35.5. The number of esters is 1. The Morgan fingerprint density at radius 1 is 1.21 bits per heavy atom. The van der Waals surface area contributed by atoms with Crippen LogP contribution in [0.4, 0.5) is 0 Å². The van der Waals surface area contributed by atoms with Crippen LogP contribution in [0.3, 0.4) is 0 Å². The Hall–Kier alpha value is -1.32. The van der Waals surface area contributed by atoms with Crippen molar-refractivity contribution in [2.24, 2.45) is 0 Å². The van der Waals surface area contributed by atoms with Gasteiger partial charge >= 0.3 is 5.97 Å². The van der Waals surface area contributed by atoms with Gasteiger partial charge in [-0.2, -0.15) is 0 Å². The van der Waals surface area contributed by atoms with Crippen LogP contribution in [-0.4, -0.2) is 37.1 Å². The van der Waals surface area contributed by atoms with Crippen LogP contribution in [-0.2, 0) is 9.53 Å². The number of nitrogens with zero attached hydrogens (tertiary/aromatic N) is 1. The molecule has 0 aliphatic rings. The SMILES string of the molecule is C=C(C(=O)OCCN(CC)CC)c1ccccc1.Cl. The van der Waals surface area contributed by atoms with Crippen molar-refractivity contribution in [3.8, 4) is 0 Å². The van der Waals surface area contributed by atoms with Crippen LogP contribution in [0, 0.1) is 0 Å². The highest BCUT2D eigenvalue weighted by Gasteiger charge is 2.10. The molecule has 1 rings (SSSR count). The summed E-state index contributed by atoms with van der Waals surface area (Å²) < 4.78 is 5.21. The molecule has 0 N–H and O–H groups in total. The maximum absolute atomic E-state index is 11.8. The minimum absolute atomic E-state index is 0. The van der Waals surface area contributed by atoms with Crippen LogP contribution in [0.25, 0.3) is 5.57 Å². The molecule has 0 saturated carbocycles. The van der Waals surface area contributed by atoms with Crippen molar-refractivity contribution in [3.05, 3.63) is 42.5 Å². The third kappa shape index (κ3) is 5.90. The maximum Gasteiger partial charge on any atom is 0.338 e. The molecular formula is C15H22ClNO2. The van der Waals surface area contributed by atoms with Gasteiger partial charge in [-0.25, -0.2) is 4.79 Å².